The Hall–Kier alpha value is -1.87. The van der Waals surface area contributed by atoms with Gasteiger partial charge in [0.05, 0.1) is 17.3 Å². The van der Waals surface area contributed by atoms with Crippen LogP contribution in [-0.2, 0) is 21.1 Å². The van der Waals surface area contributed by atoms with Crippen LogP contribution in [0.4, 0.5) is 0 Å². The first-order chi connectivity index (χ1) is 12.9. The van der Waals surface area contributed by atoms with Gasteiger partial charge in [-0.1, -0.05) is 43.0 Å². The summed E-state index contributed by atoms with van der Waals surface area (Å²) in [7, 11) is -3.01. The highest BCUT2D eigenvalue weighted by molar-refractivity contribution is 7.99. The summed E-state index contributed by atoms with van der Waals surface area (Å²) in [6, 6.07) is 7.90. The zero-order valence-electron chi connectivity index (χ0n) is 15.5. The molecule has 0 saturated carbocycles. The Balaban J connectivity index is 1.59. The minimum Gasteiger partial charge on any atom is -0.338 e. The Morgan fingerprint density at radius 1 is 1.30 bits per heavy atom. The summed E-state index contributed by atoms with van der Waals surface area (Å²) in [5, 5.41) is 7.59. The number of nitrogens with zero attached hydrogens (tertiary/aromatic N) is 3. The molecule has 1 aromatic heterocycles. The van der Waals surface area contributed by atoms with Crippen LogP contribution in [0.5, 0.6) is 0 Å². The first-order valence-corrected chi connectivity index (χ1v) is 11.9. The minimum absolute atomic E-state index is 0.0653. The molecule has 1 fully saturated rings. The Kier molecular flexibility index (Phi) is 6.21. The van der Waals surface area contributed by atoms with Gasteiger partial charge in [0, 0.05) is 18.2 Å². The van der Waals surface area contributed by atoms with Crippen LogP contribution in [0.25, 0.3) is 11.4 Å². The van der Waals surface area contributed by atoms with E-state index in [2.05, 4.69) is 34.2 Å². The van der Waals surface area contributed by atoms with Crippen LogP contribution in [0, 0.1) is 0 Å². The van der Waals surface area contributed by atoms with E-state index in [9.17, 15) is 13.2 Å². The van der Waals surface area contributed by atoms with Gasteiger partial charge in [-0.25, -0.2) is 13.4 Å². The highest BCUT2D eigenvalue weighted by Gasteiger charge is 2.33. The molecule has 9 heteroatoms. The molecule has 0 aliphatic carbocycles. The number of H-pyrrole nitrogens is 1. The zero-order chi connectivity index (χ0) is 19.4. The smallest absolute Gasteiger partial charge is 0.233 e. The maximum absolute atomic E-state index is 12.5. The largest absolute Gasteiger partial charge is 0.338 e. The van der Waals surface area contributed by atoms with Gasteiger partial charge in [-0.15, -0.1) is 5.10 Å². The fourth-order valence-electron chi connectivity index (χ4n) is 3.21. The number of thioether (sulfide) groups is 1. The first-order valence-electron chi connectivity index (χ1n) is 9.06. The lowest BCUT2D eigenvalue weighted by Crippen LogP contribution is -2.41. The summed E-state index contributed by atoms with van der Waals surface area (Å²) in [5.41, 5.74) is 2.20. The average molecular weight is 409 g/mol. The molecule has 0 spiro atoms. The quantitative estimate of drug-likeness (QED) is 0.706. The van der Waals surface area contributed by atoms with Crippen LogP contribution in [0.2, 0.25) is 0 Å². The van der Waals surface area contributed by atoms with E-state index in [1.165, 1.54) is 17.3 Å². The SMILES string of the molecule is CCc1ccc(-c2nc(SCC(=O)N(CC)[C@H]3CCS(=O)(=O)C3)n[nH]2)cc1. The number of aromatic nitrogens is 3. The maximum atomic E-state index is 12.5. The lowest BCUT2D eigenvalue weighted by atomic mass is 10.1. The number of aryl methyl sites for hydroxylation is 1. The van der Waals surface area contributed by atoms with Gasteiger partial charge in [0.15, 0.2) is 15.7 Å². The molecule has 1 amide bonds. The number of sulfone groups is 1. The van der Waals surface area contributed by atoms with E-state index in [-0.39, 0.29) is 29.2 Å². The minimum atomic E-state index is -3.01. The molecular weight excluding hydrogens is 384 g/mol. The van der Waals surface area contributed by atoms with Gasteiger partial charge in [0.25, 0.3) is 0 Å². The number of hydrogen-bond donors (Lipinski definition) is 1. The fraction of sp³-hybridized carbons (Fsp3) is 0.500. The van der Waals surface area contributed by atoms with Gasteiger partial charge >= 0.3 is 0 Å². The molecule has 1 saturated heterocycles. The summed E-state index contributed by atoms with van der Waals surface area (Å²) >= 11 is 1.26. The monoisotopic (exact) mass is 408 g/mol. The average Bonchev–Trinajstić information content (AvgIpc) is 3.27. The number of carbonyl (C=O) groups is 1. The van der Waals surface area contributed by atoms with E-state index in [1.54, 1.807) is 4.90 Å². The summed E-state index contributed by atoms with van der Waals surface area (Å²) < 4.78 is 23.3. The number of aromatic amines is 1. The Morgan fingerprint density at radius 3 is 2.63 bits per heavy atom. The van der Waals surface area contributed by atoms with E-state index in [0.717, 1.165) is 12.0 Å². The molecule has 1 atom stereocenters. The highest BCUT2D eigenvalue weighted by atomic mass is 32.2. The molecule has 1 aromatic carbocycles. The van der Waals surface area contributed by atoms with Crippen molar-refractivity contribution in [3.63, 3.8) is 0 Å². The van der Waals surface area contributed by atoms with Crippen molar-refractivity contribution in [2.75, 3.05) is 23.8 Å². The van der Waals surface area contributed by atoms with E-state index < -0.39 is 9.84 Å². The fourth-order valence-corrected chi connectivity index (χ4v) is 5.62. The van der Waals surface area contributed by atoms with Crippen molar-refractivity contribution in [1.82, 2.24) is 20.1 Å². The van der Waals surface area contributed by atoms with Gasteiger partial charge in [-0.3, -0.25) is 9.89 Å². The molecule has 1 N–H and O–H groups in total. The lowest BCUT2D eigenvalue weighted by molar-refractivity contribution is -0.129. The summed E-state index contributed by atoms with van der Waals surface area (Å²) in [6.45, 7) is 4.48. The molecule has 0 radical (unpaired) electrons. The lowest BCUT2D eigenvalue weighted by Gasteiger charge is -2.26. The van der Waals surface area contributed by atoms with Crippen LogP contribution in [0.15, 0.2) is 29.4 Å². The van der Waals surface area contributed by atoms with Crippen molar-refractivity contribution >= 4 is 27.5 Å². The van der Waals surface area contributed by atoms with Crippen LogP contribution in [0.3, 0.4) is 0 Å². The zero-order valence-corrected chi connectivity index (χ0v) is 17.1. The van der Waals surface area contributed by atoms with E-state index >= 15 is 0 Å². The second-order valence-corrected chi connectivity index (χ2v) is 9.71. The standard InChI is InChI=1S/C18H24N4O3S2/c1-3-13-5-7-14(8-6-13)17-19-18(21-20-17)26-11-16(23)22(4-2)15-9-10-27(24,25)12-15/h5-8,15H,3-4,9-12H2,1-2H3,(H,19,20,21)/t15-/m0/s1. The summed E-state index contributed by atoms with van der Waals surface area (Å²) in [5.74, 6) is 1.01. The van der Waals surface area contributed by atoms with Crippen molar-refractivity contribution in [2.45, 2.75) is 37.9 Å². The Bertz CT molecular complexity index is 894. The number of benzene rings is 1. The third kappa shape index (κ3) is 4.90. The predicted octanol–water partition coefficient (Wildman–Crippen LogP) is 2.16. The maximum Gasteiger partial charge on any atom is 0.233 e. The Morgan fingerprint density at radius 2 is 2.04 bits per heavy atom. The summed E-state index contributed by atoms with van der Waals surface area (Å²) in [4.78, 5) is 18.6. The van der Waals surface area contributed by atoms with Crippen molar-refractivity contribution in [3.05, 3.63) is 29.8 Å². The van der Waals surface area contributed by atoms with Crippen LogP contribution < -0.4 is 0 Å². The topological polar surface area (TPSA) is 96.0 Å². The third-order valence-corrected chi connectivity index (χ3v) is 7.32. The number of hydrogen-bond acceptors (Lipinski definition) is 6. The molecule has 2 heterocycles. The summed E-state index contributed by atoms with van der Waals surface area (Å²) in [6.07, 6.45) is 1.50. The van der Waals surface area contributed by atoms with Crippen LogP contribution in [0.1, 0.15) is 25.8 Å². The van der Waals surface area contributed by atoms with E-state index in [1.807, 2.05) is 19.1 Å². The molecule has 0 unspecified atom stereocenters. The van der Waals surface area contributed by atoms with Gasteiger partial charge in [0.2, 0.25) is 11.1 Å². The molecule has 2 aromatic rings. The molecule has 1 aliphatic rings. The first kappa shape index (κ1) is 19.9. The van der Waals surface area contributed by atoms with Crippen molar-refractivity contribution in [1.29, 1.82) is 0 Å². The normalized spacial score (nSPS) is 18.5. The van der Waals surface area contributed by atoms with Crippen molar-refractivity contribution < 1.29 is 13.2 Å². The molecular formula is C18H24N4O3S2. The van der Waals surface area contributed by atoms with Gasteiger partial charge < -0.3 is 4.90 Å². The third-order valence-electron chi connectivity index (χ3n) is 4.74. The second-order valence-electron chi connectivity index (χ2n) is 6.54. The van der Waals surface area contributed by atoms with Gasteiger partial charge in [-0.05, 0) is 25.3 Å². The molecule has 27 heavy (non-hydrogen) atoms. The van der Waals surface area contributed by atoms with Crippen LogP contribution in [-0.4, -0.2) is 64.3 Å². The predicted molar refractivity (Wildman–Crippen MR) is 106 cm³/mol. The van der Waals surface area contributed by atoms with Crippen molar-refractivity contribution in [2.24, 2.45) is 0 Å². The number of nitrogens with one attached hydrogen (secondary N) is 1. The van der Waals surface area contributed by atoms with E-state index in [4.69, 9.17) is 0 Å². The molecule has 3 rings (SSSR count). The second kappa shape index (κ2) is 8.43. The van der Waals surface area contributed by atoms with Crippen molar-refractivity contribution in [3.8, 4) is 11.4 Å². The number of carbonyl (C=O) groups excluding carboxylic acids is 1. The molecule has 1 aliphatic heterocycles. The van der Waals surface area contributed by atoms with Gasteiger partial charge in [0.1, 0.15) is 0 Å². The van der Waals surface area contributed by atoms with Gasteiger partial charge in [-0.2, -0.15) is 0 Å². The molecule has 0 bridgehead atoms. The Labute approximate surface area is 163 Å². The highest BCUT2D eigenvalue weighted by Crippen LogP contribution is 2.22. The number of rotatable bonds is 7. The molecule has 146 valence electrons. The number of amides is 1. The van der Waals surface area contributed by atoms with Crippen LogP contribution >= 0.6 is 11.8 Å². The van der Waals surface area contributed by atoms with E-state index in [0.29, 0.717) is 23.9 Å². The molecule has 7 nitrogen and oxygen atoms in total.